The SMILES string of the molecule is CC(C)(C)C(CCO)NC(=O)[C@@H]1CC=CC[C@@H]1C(=O)O. The second kappa shape index (κ2) is 6.88. The van der Waals surface area contributed by atoms with Gasteiger partial charge in [0, 0.05) is 12.6 Å². The first-order valence-corrected chi connectivity index (χ1v) is 7.06. The molecule has 0 heterocycles. The average molecular weight is 283 g/mol. The summed E-state index contributed by atoms with van der Waals surface area (Å²) >= 11 is 0. The number of hydrogen-bond donors (Lipinski definition) is 3. The molecule has 114 valence electrons. The number of rotatable bonds is 5. The number of aliphatic hydroxyl groups is 1. The molecular weight excluding hydrogens is 258 g/mol. The molecular formula is C15H25NO4. The fourth-order valence-corrected chi connectivity index (χ4v) is 2.51. The molecule has 20 heavy (non-hydrogen) atoms. The lowest BCUT2D eigenvalue weighted by Gasteiger charge is -2.33. The molecule has 0 aromatic heterocycles. The third kappa shape index (κ3) is 4.34. The molecule has 0 aromatic carbocycles. The van der Waals surface area contributed by atoms with Crippen molar-refractivity contribution in [3.8, 4) is 0 Å². The molecule has 0 saturated carbocycles. The van der Waals surface area contributed by atoms with Crippen LogP contribution in [0.3, 0.4) is 0 Å². The summed E-state index contributed by atoms with van der Waals surface area (Å²) in [7, 11) is 0. The Morgan fingerprint density at radius 3 is 2.25 bits per heavy atom. The first kappa shape index (κ1) is 16.7. The largest absolute Gasteiger partial charge is 0.481 e. The van der Waals surface area contributed by atoms with Crippen LogP contribution < -0.4 is 5.32 Å². The van der Waals surface area contributed by atoms with E-state index in [4.69, 9.17) is 5.11 Å². The maximum Gasteiger partial charge on any atom is 0.307 e. The average Bonchev–Trinajstić information content (AvgIpc) is 2.37. The monoisotopic (exact) mass is 283 g/mol. The molecule has 0 aromatic rings. The lowest BCUT2D eigenvalue weighted by atomic mass is 9.80. The van der Waals surface area contributed by atoms with E-state index in [2.05, 4.69) is 5.32 Å². The summed E-state index contributed by atoms with van der Waals surface area (Å²) in [4.78, 5) is 23.6. The normalized spacial score (nSPS) is 24.2. The highest BCUT2D eigenvalue weighted by Gasteiger charge is 2.36. The number of carbonyl (C=O) groups excluding carboxylic acids is 1. The number of carboxylic acids is 1. The molecule has 5 heteroatoms. The van der Waals surface area contributed by atoms with E-state index in [9.17, 15) is 14.7 Å². The fraction of sp³-hybridized carbons (Fsp3) is 0.733. The Bertz CT molecular complexity index is 384. The summed E-state index contributed by atoms with van der Waals surface area (Å²) in [6.07, 6.45) is 5.00. The Labute approximate surface area is 120 Å². The Morgan fingerprint density at radius 1 is 1.25 bits per heavy atom. The van der Waals surface area contributed by atoms with Crippen LogP contribution in [0.25, 0.3) is 0 Å². The fourth-order valence-electron chi connectivity index (χ4n) is 2.51. The van der Waals surface area contributed by atoms with Crippen LogP contribution in [-0.2, 0) is 9.59 Å². The van der Waals surface area contributed by atoms with Crippen LogP contribution in [0.4, 0.5) is 0 Å². The van der Waals surface area contributed by atoms with E-state index in [0.717, 1.165) is 0 Å². The maximum atomic E-state index is 12.4. The third-order valence-corrected chi connectivity index (χ3v) is 3.87. The minimum atomic E-state index is -0.927. The second-order valence-corrected chi connectivity index (χ2v) is 6.43. The van der Waals surface area contributed by atoms with Crippen LogP contribution >= 0.6 is 0 Å². The highest BCUT2D eigenvalue weighted by molar-refractivity contribution is 5.85. The van der Waals surface area contributed by atoms with E-state index in [-0.39, 0.29) is 24.0 Å². The molecule has 3 N–H and O–H groups in total. The summed E-state index contributed by atoms with van der Waals surface area (Å²) in [5.41, 5.74) is -0.179. The highest BCUT2D eigenvalue weighted by Crippen LogP contribution is 2.28. The Kier molecular flexibility index (Phi) is 5.74. The van der Waals surface area contributed by atoms with Gasteiger partial charge in [-0.05, 0) is 24.7 Å². The Morgan fingerprint density at radius 2 is 1.80 bits per heavy atom. The van der Waals surface area contributed by atoms with Crippen molar-refractivity contribution >= 4 is 11.9 Å². The van der Waals surface area contributed by atoms with Crippen molar-refractivity contribution in [3.05, 3.63) is 12.2 Å². The molecule has 5 nitrogen and oxygen atoms in total. The van der Waals surface area contributed by atoms with Gasteiger partial charge in [0.1, 0.15) is 0 Å². The minimum absolute atomic E-state index is 0.00482. The molecule has 0 aliphatic heterocycles. The standard InChI is InChI=1S/C15H25NO4/c1-15(2,3)12(8-9-17)16-13(18)10-6-4-5-7-11(10)14(19)20/h4-5,10-12,17H,6-9H2,1-3H3,(H,16,18)(H,19,20)/t10-,11+,12?/m1/s1. The van der Waals surface area contributed by atoms with Gasteiger partial charge in [-0.2, -0.15) is 0 Å². The zero-order valence-corrected chi connectivity index (χ0v) is 12.4. The van der Waals surface area contributed by atoms with Crippen molar-refractivity contribution in [1.29, 1.82) is 0 Å². The number of aliphatic carboxylic acids is 1. The van der Waals surface area contributed by atoms with E-state index >= 15 is 0 Å². The molecule has 1 aliphatic carbocycles. The van der Waals surface area contributed by atoms with Gasteiger partial charge in [-0.25, -0.2) is 0 Å². The zero-order chi connectivity index (χ0) is 15.3. The van der Waals surface area contributed by atoms with Crippen LogP contribution in [0.2, 0.25) is 0 Å². The van der Waals surface area contributed by atoms with Crippen LogP contribution in [0.1, 0.15) is 40.0 Å². The number of allylic oxidation sites excluding steroid dienone is 2. The molecule has 0 spiro atoms. The van der Waals surface area contributed by atoms with Gasteiger partial charge in [0.15, 0.2) is 0 Å². The number of aliphatic hydroxyl groups excluding tert-OH is 1. The number of nitrogens with one attached hydrogen (secondary N) is 1. The van der Waals surface area contributed by atoms with Crippen LogP contribution in [-0.4, -0.2) is 34.7 Å². The van der Waals surface area contributed by atoms with Crippen molar-refractivity contribution < 1.29 is 19.8 Å². The van der Waals surface area contributed by atoms with E-state index in [1.54, 1.807) is 0 Å². The van der Waals surface area contributed by atoms with Gasteiger partial charge in [-0.15, -0.1) is 0 Å². The lowest BCUT2D eigenvalue weighted by molar-refractivity contribution is -0.147. The van der Waals surface area contributed by atoms with Gasteiger partial charge in [0.05, 0.1) is 11.8 Å². The van der Waals surface area contributed by atoms with Gasteiger partial charge in [0.25, 0.3) is 0 Å². The topological polar surface area (TPSA) is 86.6 Å². The van der Waals surface area contributed by atoms with Crippen molar-refractivity contribution in [3.63, 3.8) is 0 Å². The minimum Gasteiger partial charge on any atom is -0.481 e. The van der Waals surface area contributed by atoms with Gasteiger partial charge >= 0.3 is 5.97 Å². The van der Waals surface area contributed by atoms with E-state index < -0.39 is 17.8 Å². The van der Waals surface area contributed by atoms with Crippen molar-refractivity contribution in [2.75, 3.05) is 6.61 Å². The van der Waals surface area contributed by atoms with E-state index in [1.165, 1.54) is 0 Å². The smallest absolute Gasteiger partial charge is 0.307 e. The molecule has 0 bridgehead atoms. The van der Waals surface area contributed by atoms with Gasteiger partial charge in [-0.1, -0.05) is 32.9 Å². The zero-order valence-electron chi connectivity index (χ0n) is 12.4. The number of hydrogen-bond acceptors (Lipinski definition) is 3. The molecule has 3 atom stereocenters. The number of amides is 1. The first-order chi connectivity index (χ1) is 9.27. The molecule has 0 fully saturated rings. The van der Waals surface area contributed by atoms with E-state index in [0.29, 0.717) is 19.3 Å². The molecule has 1 amide bonds. The Hall–Kier alpha value is -1.36. The third-order valence-electron chi connectivity index (χ3n) is 3.87. The van der Waals surface area contributed by atoms with Crippen LogP contribution in [0.15, 0.2) is 12.2 Å². The summed E-state index contributed by atoms with van der Waals surface area (Å²) in [5.74, 6) is -2.34. The van der Waals surface area contributed by atoms with Crippen molar-refractivity contribution in [2.24, 2.45) is 17.3 Å². The van der Waals surface area contributed by atoms with E-state index in [1.807, 2.05) is 32.9 Å². The summed E-state index contributed by atoms with van der Waals surface area (Å²) < 4.78 is 0. The predicted molar refractivity (Wildman–Crippen MR) is 76.1 cm³/mol. The van der Waals surface area contributed by atoms with Gasteiger partial charge in [0.2, 0.25) is 5.91 Å². The molecule has 1 rings (SSSR count). The van der Waals surface area contributed by atoms with Crippen LogP contribution in [0, 0.1) is 17.3 Å². The van der Waals surface area contributed by atoms with Gasteiger partial charge in [-0.3, -0.25) is 9.59 Å². The maximum absolute atomic E-state index is 12.4. The predicted octanol–water partition coefficient (Wildman–Crippen LogP) is 1.57. The lowest BCUT2D eigenvalue weighted by Crippen LogP contribution is -2.48. The van der Waals surface area contributed by atoms with Crippen LogP contribution in [0.5, 0.6) is 0 Å². The summed E-state index contributed by atoms with van der Waals surface area (Å²) in [6.45, 7) is 5.96. The first-order valence-electron chi connectivity index (χ1n) is 7.06. The number of carboxylic acid groups (broad SMARTS) is 1. The molecule has 1 unspecified atom stereocenters. The Balaban J connectivity index is 2.77. The summed E-state index contributed by atoms with van der Waals surface area (Å²) in [5, 5.41) is 21.2. The quantitative estimate of drug-likeness (QED) is 0.668. The van der Waals surface area contributed by atoms with Gasteiger partial charge < -0.3 is 15.5 Å². The molecule has 0 radical (unpaired) electrons. The van der Waals surface area contributed by atoms with Crippen molar-refractivity contribution in [2.45, 2.75) is 46.1 Å². The molecule has 1 aliphatic rings. The molecule has 0 saturated heterocycles. The number of carbonyl (C=O) groups is 2. The second-order valence-electron chi connectivity index (χ2n) is 6.43. The summed E-state index contributed by atoms with van der Waals surface area (Å²) in [6, 6.07) is -0.166. The van der Waals surface area contributed by atoms with Crippen molar-refractivity contribution in [1.82, 2.24) is 5.32 Å². The highest BCUT2D eigenvalue weighted by atomic mass is 16.4.